The van der Waals surface area contributed by atoms with Crippen molar-refractivity contribution in [2.45, 2.75) is 39.2 Å². The van der Waals surface area contributed by atoms with E-state index >= 15 is 0 Å². The highest BCUT2D eigenvalue weighted by atomic mass is 16.3. The third-order valence-corrected chi connectivity index (χ3v) is 5.71. The van der Waals surface area contributed by atoms with E-state index in [1.807, 2.05) is 6.92 Å². The van der Waals surface area contributed by atoms with Gasteiger partial charge in [0, 0.05) is 31.9 Å². The Balaban J connectivity index is 1.35. The van der Waals surface area contributed by atoms with Crippen LogP contribution in [0.25, 0.3) is 6.08 Å². The molecule has 0 spiro atoms. The number of hydrazone groups is 1. The zero-order valence-corrected chi connectivity index (χ0v) is 15.8. The zero-order valence-electron chi connectivity index (χ0n) is 15.8. The summed E-state index contributed by atoms with van der Waals surface area (Å²) in [6, 6.07) is 11.1. The number of nitrogens with one attached hydrogen (secondary N) is 1. The predicted octanol–water partition coefficient (Wildman–Crippen LogP) is 2.12. The van der Waals surface area contributed by atoms with E-state index in [1.165, 1.54) is 28.2 Å². The van der Waals surface area contributed by atoms with Crippen molar-refractivity contribution in [2.75, 3.05) is 18.0 Å². The van der Waals surface area contributed by atoms with Crippen molar-refractivity contribution in [3.63, 3.8) is 0 Å². The summed E-state index contributed by atoms with van der Waals surface area (Å²) in [5.74, 6) is 1.00. The van der Waals surface area contributed by atoms with E-state index in [-0.39, 0.29) is 12.3 Å². The van der Waals surface area contributed by atoms with Gasteiger partial charge in [-0.25, -0.2) is 0 Å². The van der Waals surface area contributed by atoms with Gasteiger partial charge in [-0.3, -0.25) is 10.3 Å². The lowest BCUT2D eigenvalue weighted by Gasteiger charge is -2.35. The number of aromatic nitrogens is 1. The summed E-state index contributed by atoms with van der Waals surface area (Å²) in [6.07, 6.45) is 4.36. The molecule has 140 valence electrons. The molecule has 1 unspecified atom stereocenters. The molecule has 6 nitrogen and oxygen atoms in total. The Morgan fingerprint density at radius 2 is 1.81 bits per heavy atom. The number of nitrogens with zero attached hydrogens (tertiary/aromatic N) is 4. The fourth-order valence-electron chi connectivity index (χ4n) is 4.23. The number of aliphatic hydroxyl groups excluding tert-OH is 1. The third-order valence-electron chi connectivity index (χ3n) is 5.71. The second kappa shape index (κ2) is 6.25. The van der Waals surface area contributed by atoms with E-state index in [0.29, 0.717) is 0 Å². The number of hydrogen-bond donors (Lipinski definition) is 2. The number of anilines is 1. The monoisotopic (exact) mass is 363 g/mol. The number of fused-ring (bicyclic) bond motifs is 3. The zero-order chi connectivity index (χ0) is 18.5. The lowest BCUT2D eigenvalue weighted by Crippen LogP contribution is -2.49. The average molecular weight is 363 g/mol. The van der Waals surface area contributed by atoms with Crippen LogP contribution in [0, 0.1) is 6.92 Å². The van der Waals surface area contributed by atoms with Gasteiger partial charge in [0.15, 0.2) is 0 Å². The average Bonchev–Trinajstić information content (AvgIpc) is 3.16. The smallest absolute Gasteiger partial charge is 0.140 e. The number of amidine groups is 1. The van der Waals surface area contributed by atoms with Gasteiger partial charge < -0.3 is 14.6 Å². The van der Waals surface area contributed by atoms with Gasteiger partial charge in [-0.15, -0.1) is 0 Å². The van der Waals surface area contributed by atoms with Gasteiger partial charge in [-0.1, -0.05) is 24.3 Å². The molecule has 1 saturated heterocycles. The van der Waals surface area contributed by atoms with Gasteiger partial charge in [0.2, 0.25) is 0 Å². The molecule has 5 rings (SSSR count). The van der Waals surface area contributed by atoms with E-state index in [2.05, 4.69) is 74.3 Å². The first-order valence-electron chi connectivity index (χ1n) is 9.54. The molecule has 6 heteroatoms. The predicted molar refractivity (Wildman–Crippen MR) is 108 cm³/mol. The first kappa shape index (κ1) is 16.6. The van der Waals surface area contributed by atoms with Crippen LogP contribution in [0.5, 0.6) is 0 Å². The summed E-state index contributed by atoms with van der Waals surface area (Å²) in [7, 11) is 0. The quantitative estimate of drug-likeness (QED) is 0.874. The molecular weight excluding hydrogens is 338 g/mol. The molecule has 2 N–H and O–H groups in total. The van der Waals surface area contributed by atoms with Crippen LogP contribution in [0.4, 0.5) is 5.69 Å². The van der Waals surface area contributed by atoms with Crippen molar-refractivity contribution in [1.29, 1.82) is 0 Å². The number of aryl methyl sites for hydroxylation is 1. The van der Waals surface area contributed by atoms with Crippen LogP contribution in [-0.4, -0.2) is 45.8 Å². The minimum absolute atomic E-state index is 0.132. The van der Waals surface area contributed by atoms with E-state index < -0.39 is 0 Å². The summed E-state index contributed by atoms with van der Waals surface area (Å²) < 4.78 is 2.37. The standard InChI is InChI=1S/C21H25N5O/c1-14-9-20-19(7-8-21-23-22-15(2)26(20)21)25(14)11-17-5-3-16(4-6-17)10-24-12-18(27)13-24/h3-9,18,21,23,27H,10-13H2,1-2H3. The summed E-state index contributed by atoms with van der Waals surface area (Å²) in [5, 5.41) is 13.8. The number of hydrogen-bond acceptors (Lipinski definition) is 5. The van der Waals surface area contributed by atoms with Crippen molar-refractivity contribution in [3.8, 4) is 0 Å². The summed E-state index contributed by atoms with van der Waals surface area (Å²) in [5.41, 5.74) is 9.47. The molecule has 0 saturated carbocycles. The molecule has 27 heavy (non-hydrogen) atoms. The molecule has 3 aliphatic rings. The number of benzene rings is 1. The molecule has 2 aromatic rings. The minimum atomic E-state index is -0.140. The SMILES string of the molecule is CC1=NNC2C=Cc3c(cc(C)n3Cc3ccc(CN4CC(O)C4)cc3)N12. The van der Waals surface area contributed by atoms with Gasteiger partial charge in [0.05, 0.1) is 17.5 Å². The Bertz CT molecular complexity index is 921. The van der Waals surface area contributed by atoms with Crippen LogP contribution in [0.3, 0.4) is 0 Å². The lowest BCUT2D eigenvalue weighted by molar-refractivity contribution is -0.00286. The molecule has 0 bridgehead atoms. The van der Waals surface area contributed by atoms with Gasteiger partial charge in [0.25, 0.3) is 0 Å². The van der Waals surface area contributed by atoms with E-state index in [4.69, 9.17) is 0 Å². The van der Waals surface area contributed by atoms with E-state index in [0.717, 1.165) is 32.0 Å². The summed E-state index contributed by atoms with van der Waals surface area (Å²) in [6.45, 7) is 7.56. The van der Waals surface area contributed by atoms with Crippen LogP contribution < -0.4 is 10.3 Å². The van der Waals surface area contributed by atoms with Crippen LogP contribution in [0.15, 0.2) is 41.5 Å². The Morgan fingerprint density at radius 3 is 2.52 bits per heavy atom. The number of rotatable bonds is 4. The molecule has 1 aromatic heterocycles. The van der Waals surface area contributed by atoms with Crippen molar-refractivity contribution in [1.82, 2.24) is 14.9 Å². The van der Waals surface area contributed by atoms with Crippen LogP contribution in [0.1, 0.15) is 29.4 Å². The van der Waals surface area contributed by atoms with E-state index in [1.54, 1.807) is 0 Å². The van der Waals surface area contributed by atoms with Crippen LogP contribution in [0.2, 0.25) is 0 Å². The molecule has 0 aliphatic carbocycles. The maximum atomic E-state index is 9.42. The highest BCUT2D eigenvalue weighted by Gasteiger charge is 2.31. The van der Waals surface area contributed by atoms with Crippen molar-refractivity contribution < 1.29 is 5.11 Å². The number of likely N-dealkylation sites (tertiary alicyclic amines) is 1. The molecule has 4 heterocycles. The second-order valence-corrected chi connectivity index (χ2v) is 7.77. The number of aliphatic hydroxyl groups is 1. The first-order valence-corrected chi connectivity index (χ1v) is 9.54. The summed E-state index contributed by atoms with van der Waals surface area (Å²) in [4.78, 5) is 4.52. The highest BCUT2D eigenvalue weighted by Crippen LogP contribution is 2.34. The van der Waals surface area contributed by atoms with Crippen molar-refractivity contribution in [2.24, 2.45) is 5.10 Å². The van der Waals surface area contributed by atoms with Gasteiger partial charge in [-0.05, 0) is 43.2 Å². The minimum Gasteiger partial charge on any atom is -0.390 e. The summed E-state index contributed by atoms with van der Waals surface area (Å²) >= 11 is 0. The largest absolute Gasteiger partial charge is 0.390 e. The van der Waals surface area contributed by atoms with Crippen LogP contribution >= 0.6 is 0 Å². The number of β-amino-alcohol motifs (C(OH)–C–C–N with tert-alkyl or cyclic N) is 1. The normalized spacial score (nSPS) is 21.5. The topological polar surface area (TPSA) is 56.0 Å². The molecule has 0 amide bonds. The van der Waals surface area contributed by atoms with Gasteiger partial charge in [-0.2, -0.15) is 5.10 Å². The van der Waals surface area contributed by atoms with Crippen molar-refractivity contribution in [3.05, 3.63) is 58.9 Å². The molecule has 3 aliphatic heterocycles. The lowest BCUT2D eigenvalue weighted by atomic mass is 10.1. The first-order chi connectivity index (χ1) is 13.1. The fraction of sp³-hybridized carbons (Fsp3) is 0.381. The molecule has 1 aromatic carbocycles. The molecule has 0 radical (unpaired) electrons. The Kier molecular flexibility index (Phi) is 3.84. The fourth-order valence-corrected chi connectivity index (χ4v) is 4.23. The van der Waals surface area contributed by atoms with Gasteiger partial charge >= 0.3 is 0 Å². The van der Waals surface area contributed by atoms with Gasteiger partial charge in [0.1, 0.15) is 12.0 Å². The second-order valence-electron chi connectivity index (χ2n) is 7.77. The molecule has 1 atom stereocenters. The third kappa shape index (κ3) is 2.85. The Morgan fingerprint density at radius 1 is 1.11 bits per heavy atom. The molecule has 1 fully saturated rings. The maximum Gasteiger partial charge on any atom is 0.140 e. The highest BCUT2D eigenvalue weighted by molar-refractivity contribution is 6.01. The van der Waals surface area contributed by atoms with E-state index in [9.17, 15) is 5.11 Å². The Hall–Kier alpha value is -2.57. The van der Waals surface area contributed by atoms with Crippen LogP contribution in [-0.2, 0) is 13.1 Å². The molecular formula is C21H25N5O. The van der Waals surface area contributed by atoms with Crippen molar-refractivity contribution >= 4 is 17.6 Å². The Labute approximate surface area is 159 Å². The maximum absolute atomic E-state index is 9.42.